The molecule has 4 nitrogen and oxygen atoms in total. The van der Waals surface area contributed by atoms with Gasteiger partial charge >= 0.3 is 6.18 Å². The van der Waals surface area contributed by atoms with Crippen LogP contribution < -0.4 is 5.73 Å². The van der Waals surface area contributed by atoms with Crippen LogP contribution in [-0.2, 0) is 17.4 Å². The van der Waals surface area contributed by atoms with Crippen molar-refractivity contribution in [3.8, 4) is 0 Å². The molecule has 0 aromatic heterocycles. The van der Waals surface area contributed by atoms with E-state index in [1.165, 1.54) is 17.0 Å². The number of nitrogens with two attached hydrogens (primary N) is 1. The van der Waals surface area contributed by atoms with Crippen molar-refractivity contribution in [3.05, 3.63) is 70.2 Å². The summed E-state index contributed by atoms with van der Waals surface area (Å²) in [5.41, 5.74) is 4.47. The molecule has 0 spiro atoms. The van der Waals surface area contributed by atoms with E-state index in [9.17, 15) is 22.8 Å². The molecule has 2 aromatic carbocycles. The van der Waals surface area contributed by atoms with Crippen LogP contribution in [0.15, 0.2) is 48.5 Å². The highest BCUT2D eigenvalue weighted by molar-refractivity contribution is 6.30. The van der Waals surface area contributed by atoms with E-state index in [4.69, 9.17) is 17.3 Å². The third-order valence-electron chi connectivity index (χ3n) is 4.69. The standard InChI is InChI=1S/C19H16ClF3N2O2/c20-15-6-4-12(5-7-15)9-18(17(24)27)10-25(11-18)16(26)13-2-1-3-14(8-13)19(21,22)23/h1-8H,9-11H2,(H2,24,27). The first-order valence-electron chi connectivity index (χ1n) is 8.12. The molecule has 1 fully saturated rings. The Hall–Kier alpha value is -2.54. The first-order valence-corrected chi connectivity index (χ1v) is 8.49. The first kappa shape index (κ1) is 19.2. The van der Waals surface area contributed by atoms with Gasteiger partial charge < -0.3 is 10.6 Å². The number of nitrogens with zero attached hydrogens (tertiary/aromatic N) is 1. The van der Waals surface area contributed by atoms with Crippen molar-refractivity contribution in [2.45, 2.75) is 12.6 Å². The van der Waals surface area contributed by atoms with Gasteiger partial charge in [0.25, 0.3) is 5.91 Å². The van der Waals surface area contributed by atoms with Crippen molar-refractivity contribution in [3.63, 3.8) is 0 Å². The number of carbonyl (C=O) groups is 2. The third-order valence-corrected chi connectivity index (χ3v) is 4.94. The summed E-state index contributed by atoms with van der Waals surface area (Å²) in [6.45, 7) is 0.111. The van der Waals surface area contributed by atoms with Crippen molar-refractivity contribution < 1.29 is 22.8 Å². The predicted molar refractivity (Wildman–Crippen MR) is 94.1 cm³/mol. The fraction of sp³-hybridized carbons (Fsp3) is 0.263. The molecular formula is C19H16ClF3N2O2. The van der Waals surface area contributed by atoms with E-state index in [1.807, 2.05) is 0 Å². The fourth-order valence-corrected chi connectivity index (χ4v) is 3.31. The number of hydrogen-bond acceptors (Lipinski definition) is 2. The number of carbonyl (C=O) groups excluding carboxylic acids is 2. The van der Waals surface area contributed by atoms with Gasteiger partial charge in [0.15, 0.2) is 0 Å². The van der Waals surface area contributed by atoms with E-state index in [2.05, 4.69) is 0 Å². The Kier molecular flexibility index (Phi) is 4.90. The van der Waals surface area contributed by atoms with Crippen molar-refractivity contribution >= 4 is 23.4 Å². The molecule has 2 aromatic rings. The SMILES string of the molecule is NC(=O)C1(Cc2ccc(Cl)cc2)CN(C(=O)c2cccc(C(F)(F)F)c2)C1. The number of alkyl halides is 3. The Morgan fingerprint density at radius 1 is 1.11 bits per heavy atom. The van der Waals surface area contributed by atoms with Crippen molar-refractivity contribution in [2.24, 2.45) is 11.1 Å². The lowest BCUT2D eigenvalue weighted by Gasteiger charge is -2.48. The van der Waals surface area contributed by atoms with Crippen LogP contribution in [0, 0.1) is 5.41 Å². The van der Waals surface area contributed by atoms with Crippen LogP contribution in [0.4, 0.5) is 13.2 Å². The molecule has 3 rings (SSSR count). The molecule has 0 aliphatic carbocycles. The van der Waals surface area contributed by atoms with Crippen LogP contribution in [-0.4, -0.2) is 29.8 Å². The maximum Gasteiger partial charge on any atom is 0.416 e. The number of hydrogen-bond donors (Lipinski definition) is 1. The van der Waals surface area contributed by atoms with Crippen molar-refractivity contribution in [1.29, 1.82) is 0 Å². The minimum Gasteiger partial charge on any atom is -0.369 e. The van der Waals surface area contributed by atoms with E-state index in [-0.39, 0.29) is 18.7 Å². The lowest BCUT2D eigenvalue weighted by Crippen LogP contribution is -2.64. The molecule has 1 saturated heterocycles. The monoisotopic (exact) mass is 396 g/mol. The Labute approximate surface area is 158 Å². The summed E-state index contributed by atoms with van der Waals surface area (Å²) in [6, 6.07) is 11.1. The zero-order valence-corrected chi connectivity index (χ0v) is 14.8. The number of halogens is 4. The summed E-state index contributed by atoms with van der Waals surface area (Å²) in [7, 11) is 0. The zero-order chi connectivity index (χ0) is 19.8. The number of primary amides is 1. The van der Waals surface area contributed by atoms with Gasteiger partial charge in [0.2, 0.25) is 5.91 Å². The topological polar surface area (TPSA) is 63.4 Å². The van der Waals surface area contributed by atoms with Crippen molar-refractivity contribution in [2.75, 3.05) is 13.1 Å². The van der Waals surface area contributed by atoms with Gasteiger partial charge in [-0.2, -0.15) is 13.2 Å². The van der Waals surface area contributed by atoms with E-state index >= 15 is 0 Å². The van der Waals surface area contributed by atoms with E-state index < -0.39 is 29.0 Å². The van der Waals surface area contributed by atoms with Gasteiger partial charge in [0.1, 0.15) is 0 Å². The summed E-state index contributed by atoms with van der Waals surface area (Å²) < 4.78 is 38.5. The van der Waals surface area contributed by atoms with Crippen LogP contribution in [0.25, 0.3) is 0 Å². The summed E-state index contributed by atoms with van der Waals surface area (Å²) >= 11 is 5.85. The molecule has 1 aliphatic rings. The minimum atomic E-state index is -4.53. The largest absolute Gasteiger partial charge is 0.416 e. The van der Waals surface area contributed by atoms with Gasteiger partial charge in [-0.15, -0.1) is 0 Å². The number of rotatable bonds is 4. The fourth-order valence-electron chi connectivity index (χ4n) is 3.19. The smallest absolute Gasteiger partial charge is 0.369 e. The highest BCUT2D eigenvalue weighted by atomic mass is 35.5. The second-order valence-corrected chi connectivity index (χ2v) is 7.12. The highest BCUT2D eigenvalue weighted by Crippen LogP contribution is 2.36. The van der Waals surface area contributed by atoms with Gasteiger partial charge in [-0.05, 0) is 42.3 Å². The first-order chi connectivity index (χ1) is 12.6. The Morgan fingerprint density at radius 3 is 2.30 bits per heavy atom. The summed E-state index contributed by atoms with van der Waals surface area (Å²) in [5, 5.41) is 0.557. The third kappa shape index (κ3) is 3.93. The average Bonchev–Trinajstić information content (AvgIpc) is 2.58. The summed E-state index contributed by atoms with van der Waals surface area (Å²) in [5.74, 6) is -1.11. The molecule has 2 N–H and O–H groups in total. The normalized spacial score (nSPS) is 15.9. The molecule has 27 heavy (non-hydrogen) atoms. The molecule has 0 saturated carbocycles. The average molecular weight is 397 g/mol. The molecule has 0 unspecified atom stereocenters. The second-order valence-electron chi connectivity index (χ2n) is 6.69. The molecule has 0 atom stereocenters. The second kappa shape index (κ2) is 6.88. The molecule has 8 heteroatoms. The van der Waals surface area contributed by atoms with Crippen LogP contribution in [0.1, 0.15) is 21.5 Å². The minimum absolute atomic E-state index is 0.0556. The molecule has 0 bridgehead atoms. The number of benzene rings is 2. The molecule has 2 amide bonds. The molecule has 1 heterocycles. The highest BCUT2D eigenvalue weighted by Gasteiger charge is 2.50. The van der Waals surface area contributed by atoms with Crippen LogP contribution in [0.2, 0.25) is 5.02 Å². The van der Waals surface area contributed by atoms with E-state index in [0.717, 1.165) is 17.7 Å². The van der Waals surface area contributed by atoms with Gasteiger partial charge in [-0.3, -0.25) is 9.59 Å². The van der Waals surface area contributed by atoms with Crippen molar-refractivity contribution in [1.82, 2.24) is 4.90 Å². The Balaban J connectivity index is 1.74. The Morgan fingerprint density at radius 2 is 1.74 bits per heavy atom. The quantitative estimate of drug-likeness (QED) is 0.859. The van der Waals surface area contributed by atoms with Gasteiger partial charge in [0.05, 0.1) is 11.0 Å². The molecule has 142 valence electrons. The van der Waals surface area contributed by atoms with Crippen LogP contribution in [0.5, 0.6) is 0 Å². The molecular weight excluding hydrogens is 381 g/mol. The summed E-state index contributed by atoms with van der Waals surface area (Å²) in [4.78, 5) is 25.8. The predicted octanol–water partition coefficient (Wildman–Crippen LogP) is 3.53. The van der Waals surface area contributed by atoms with Gasteiger partial charge in [0, 0.05) is 23.7 Å². The summed E-state index contributed by atoms with van der Waals surface area (Å²) in [6.07, 6.45) is -4.21. The van der Waals surface area contributed by atoms with Gasteiger partial charge in [-0.25, -0.2) is 0 Å². The zero-order valence-electron chi connectivity index (χ0n) is 14.1. The van der Waals surface area contributed by atoms with Crippen LogP contribution >= 0.6 is 11.6 Å². The maximum atomic E-state index is 12.8. The lowest BCUT2D eigenvalue weighted by molar-refractivity contribution is -0.137. The number of likely N-dealkylation sites (tertiary alicyclic amines) is 1. The number of amides is 2. The molecule has 0 radical (unpaired) electrons. The Bertz CT molecular complexity index is 875. The molecule has 1 aliphatic heterocycles. The van der Waals surface area contributed by atoms with Gasteiger partial charge in [-0.1, -0.05) is 29.8 Å². The van der Waals surface area contributed by atoms with E-state index in [1.54, 1.807) is 24.3 Å². The maximum absolute atomic E-state index is 12.8. The lowest BCUT2D eigenvalue weighted by atomic mass is 9.74. The van der Waals surface area contributed by atoms with E-state index in [0.29, 0.717) is 11.4 Å². The van der Waals surface area contributed by atoms with Crippen LogP contribution in [0.3, 0.4) is 0 Å².